The summed E-state index contributed by atoms with van der Waals surface area (Å²) in [6, 6.07) is 14.5. The summed E-state index contributed by atoms with van der Waals surface area (Å²) in [7, 11) is 0. The molecule has 0 amide bonds. The first kappa shape index (κ1) is 11.1. The van der Waals surface area contributed by atoms with Crippen LogP contribution in [0.2, 0.25) is 0 Å². The maximum Gasteiger partial charge on any atom is 0.0302 e. The van der Waals surface area contributed by atoms with Crippen molar-refractivity contribution < 1.29 is 0 Å². The second kappa shape index (κ2) is 5.64. The maximum atomic E-state index is 4.08. The summed E-state index contributed by atoms with van der Waals surface area (Å²) < 4.78 is 0. The van der Waals surface area contributed by atoms with E-state index in [-0.39, 0.29) is 0 Å². The van der Waals surface area contributed by atoms with Gasteiger partial charge in [0, 0.05) is 18.0 Å². The average molecular weight is 229 g/mol. The van der Waals surface area contributed by atoms with Gasteiger partial charge in [0.25, 0.3) is 0 Å². The third-order valence-corrected chi connectivity index (χ3v) is 3.28. The van der Waals surface area contributed by atoms with Gasteiger partial charge in [0.2, 0.25) is 0 Å². The van der Waals surface area contributed by atoms with Gasteiger partial charge in [0.1, 0.15) is 0 Å². The molecule has 82 valence electrons. The lowest BCUT2D eigenvalue weighted by Crippen LogP contribution is -2.14. The standard InChI is InChI=1S/C14H15NS/c1-12(13-6-3-2-4-7-13)10-15-11-14-8-5-9-16-14/h2-9,15H,1,10-11H2. The van der Waals surface area contributed by atoms with Crippen LogP contribution in [0.3, 0.4) is 0 Å². The lowest BCUT2D eigenvalue weighted by Gasteiger charge is -2.06. The van der Waals surface area contributed by atoms with Crippen LogP contribution in [0.5, 0.6) is 0 Å². The fourth-order valence-corrected chi connectivity index (χ4v) is 2.20. The van der Waals surface area contributed by atoms with Gasteiger partial charge in [-0.3, -0.25) is 0 Å². The van der Waals surface area contributed by atoms with Crippen molar-refractivity contribution >= 4 is 16.9 Å². The fraction of sp³-hybridized carbons (Fsp3) is 0.143. The van der Waals surface area contributed by atoms with E-state index >= 15 is 0 Å². The molecule has 0 spiro atoms. The van der Waals surface area contributed by atoms with Crippen LogP contribution in [0.4, 0.5) is 0 Å². The first-order valence-corrected chi connectivity index (χ1v) is 6.20. The highest BCUT2D eigenvalue weighted by molar-refractivity contribution is 7.09. The lowest BCUT2D eigenvalue weighted by molar-refractivity contribution is 0.779. The Bertz CT molecular complexity index is 431. The molecule has 1 aromatic carbocycles. The molecule has 1 nitrogen and oxygen atoms in total. The fourth-order valence-electron chi connectivity index (χ4n) is 1.53. The molecule has 2 aromatic rings. The van der Waals surface area contributed by atoms with Crippen molar-refractivity contribution in [2.45, 2.75) is 6.54 Å². The molecule has 2 rings (SSSR count). The Kier molecular flexibility index (Phi) is 3.91. The van der Waals surface area contributed by atoms with E-state index < -0.39 is 0 Å². The number of hydrogen-bond acceptors (Lipinski definition) is 2. The van der Waals surface area contributed by atoms with E-state index in [0.717, 1.165) is 18.7 Å². The minimum absolute atomic E-state index is 0.835. The van der Waals surface area contributed by atoms with Crippen LogP contribution in [-0.4, -0.2) is 6.54 Å². The summed E-state index contributed by atoms with van der Waals surface area (Å²) >= 11 is 1.78. The van der Waals surface area contributed by atoms with Gasteiger partial charge in [-0.1, -0.05) is 43.0 Å². The number of benzene rings is 1. The molecule has 1 aromatic heterocycles. The van der Waals surface area contributed by atoms with E-state index in [1.165, 1.54) is 10.4 Å². The summed E-state index contributed by atoms with van der Waals surface area (Å²) in [5.41, 5.74) is 2.35. The summed E-state index contributed by atoms with van der Waals surface area (Å²) in [6.07, 6.45) is 0. The molecule has 0 aliphatic rings. The van der Waals surface area contributed by atoms with Crippen LogP contribution in [0, 0.1) is 0 Å². The van der Waals surface area contributed by atoms with Crippen LogP contribution in [0.25, 0.3) is 5.57 Å². The Hall–Kier alpha value is -1.38. The van der Waals surface area contributed by atoms with Crippen molar-refractivity contribution in [1.29, 1.82) is 0 Å². The Morgan fingerprint density at radius 2 is 1.94 bits per heavy atom. The highest BCUT2D eigenvalue weighted by Gasteiger charge is 1.98. The summed E-state index contributed by atoms with van der Waals surface area (Å²) in [4.78, 5) is 1.36. The predicted molar refractivity (Wildman–Crippen MR) is 71.5 cm³/mol. The van der Waals surface area contributed by atoms with Crippen LogP contribution < -0.4 is 5.32 Å². The quantitative estimate of drug-likeness (QED) is 0.826. The first-order valence-electron chi connectivity index (χ1n) is 5.32. The molecule has 2 heteroatoms. The third kappa shape index (κ3) is 3.05. The topological polar surface area (TPSA) is 12.0 Å². The van der Waals surface area contributed by atoms with Gasteiger partial charge in [-0.2, -0.15) is 0 Å². The third-order valence-electron chi connectivity index (χ3n) is 2.40. The molecule has 0 radical (unpaired) electrons. The van der Waals surface area contributed by atoms with Crippen molar-refractivity contribution in [2.75, 3.05) is 6.54 Å². The Labute approximate surface area is 100 Å². The van der Waals surface area contributed by atoms with Gasteiger partial charge in [-0.25, -0.2) is 0 Å². The SMILES string of the molecule is C=C(CNCc1cccs1)c1ccccc1. The number of thiophene rings is 1. The Balaban J connectivity index is 1.81. The van der Waals surface area contributed by atoms with Gasteiger partial charge in [-0.05, 0) is 22.6 Å². The summed E-state index contributed by atoms with van der Waals surface area (Å²) in [6.45, 7) is 5.84. The molecule has 0 bridgehead atoms. The Morgan fingerprint density at radius 3 is 2.62 bits per heavy atom. The van der Waals surface area contributed by atoms with E-state index in [0.29, 0.717) is 0 Å². The molecule has 1 N–H and O–H groups in total. The number of rotatable bonds is 5. The van der Waals surface area contributed by atoms with Gasteiger partial charge in [-0.15, -0.1) is 11.3 Å². The molecule has 0 saturated heterocycles. The predicted octanol–water partition coefficient (Wildman–Crippen LogP) is 3.55. The first-order chi connectivity index (χ1) is 7.86. The molecule has 1 heterocycles. The van der Waals surface area contributed by atoms with Gasteiger partial charge in [0.05, 0.1) is 0 Å². The second-order valence-corrected chi connectivity index (χ2v) is 4.68. The molecule has 0 fully saturated rings. The van der Waals surface area contributed by atoms with Gasteiger partial charge >= 0.3 is 0 Å². The minimum atomic E-state index is 0.835. The van der Waals surface area contributed by atoms with Crippen molar-refractivity contribution in [1.82, 2.24) is 5.32 Å². The monoisotopic (exact) mass is 229 g/mol. The molecular formula is C14H15NS. The van der Waals surface area contributed by atoms with E-state index in [1.807, 2.05) is 18.2 Å². The van der Waals surface area contributed by atoms with E-state index in [1.54, 1.807) is 11.3 Å². The summed E-state index contributed by atoms with van der Waals surface area (Å²) in [5, 5.41) is 5.50. The maximum absolute atomic E-state index is 4.08. The average Bonchev–Trinajstić information content (AvgIpc) is 2.83. The molecule has 0 aliphatic carbocycles. The molecule has 0 unspecified atom stereocenters. The zero-order valence-corrected chi connectivity index (χ0v) is 9.96. The van der Waals surface area contributed by atoms with Crippen molar-refractivity contribution in [2.24, 2.45) is 0 Å². The molecule has 0 aliphatic heterocycles. The number of hydrogen-bond donors (Lipinski definition) is 1. The van der Waals surface area contributed by atoms with E-state index in [4.69, 9.17) is 0 Å². The molecule has 16 heavy (non-hydrogen) atoms. The highest BCUT2D eigenvalue weighted by atomic mass is 32.1. The number of nitrogens with one attached hydrogen (secondary N) is 1. The molecular weight excluding hydrogens is 214 g/mol. The van der Waals surface area contributed by atoms with E-state index in [9.17, 15) is 0 Å². The largest absolute Gasteiger partial charge is 0.308 e. The van der Waals surface area contributed by atoms with Crippen LogP contribution in [0.15, 0.2) is 54.4 Å². The smallest absolute Gasteiger partial charge is 0.0302 e. The summed E-state index contributed by atoms with van der Waals surface area (Å²) in [5.74, 6) is 0. The van der Waals surface area contributed by atoms with Gasteiger partial charge in [0.15, 0.2) is 0 Å². The minimum Gasteiger partial charge on any atom is -0.308 e. The molecule has 0 saturated carbocycles. The van der Waals surface area contributed by atoms with Crippen LogP contribution in [0.1, 0.15) is 10.4 Å². The van der Waals surface area contributed by atoms with Crippen LogP contribution in [-0.2, 0) is 6.54 Å². The van der Waals surface area contributed by atoms with Crippen molar-refractivity contribution in [3.63, 3.8) is 0 Å². The van der Waals surface area contributed by atoms with Gasteiger partial charge < -0.3 is 5.32 Å². The van der Waals surface area contributed by atoms with Crippen LogP contribution >= 0.6 is 11.3 Å². The van der Waals surface area contributed by atoms with Crippen molar-refractivity contribution in [3.05, 3.63) is 64.9 Å². The highest BCUT2D eigenvalue weighted by Crippen LogP contribution is 2.11. The zero-order valence-electron chi connectivity index (χ0n) is 9.15. The molecule has 0 atom stereocenters. The van der Waals surface area contributed by atoms with Crippen molar-refractivity contribution in [3.8, 4) is 0 Å². The zero-order chi connectivity index (χ0) is 11.2. The van der Waals surface area contributed by atoms with E-state index in [2.05, 4.69) is 41.5 Å². The Morgan fingerprint density at radius 1 is 1.12 bits per heavy atom. The second-order valence-electron chi connectivity index (χ2n) is 3.65. The normalized spacial score (nSPS) is 10.2. The lowest BCUT2D eigenvalue weighted by atomic mass is 10.1.